The Kier molecular flexibility index (Phi) is 6.42. The topological polar surface area (TPSA) is 60.2 Å². The molecule has 27 heavy (non-hydrogen) atoms. The molecule has 0 bridgehead atoms. The molecule has 2 atom stereocenters. The molecular weight excluding hydrogens is 360 g/mol. The predicted octanol–water partition coefficient (Wildman–Crippen LogP) is 3.86. The number of ether oxygens (including phenoxy) is 1. The lowest BCUT2D eigenvalue weighted by atomic mass is 9.98. The molecule has 3 rings (SSSR count). The number of aromatic nitrogens is 3. The van der Waals surface area contributed by atoms with Crippen molar-refractivity contribution in [1.29, 1.82) is 0 Å². The van der Waals surface area contributed by atoms with E-state index < -0.39 is 0 Å². The van der Waals surface area contributed by atoms with E-state index in [-0.39, 0.29) is 5.91 Å². The maximum Gasteiger partial charge on any atom is 0.233 e. The number of hydrogen-bond acceptors (Lipinski definition) is 5. The first-order valence-corrected chi connectivity index (χ1v) is 10.6. The fourth-order valence-electron chi connectivity index (χ4n) is 3.71. The molecule has 1 saturated heterocycles. The molecule has 0 unspecified atom stereocenters. The van der Waals surface area contributed by atoms with Crippen LogP contribution in [-0.2, 0) is 4.79 Å². The van der Waals surface area contributed by atoms with Gasteiger partial charge in [-0.15, -0.1) is 10.2 Å². The van der Waals surface area contributed by atoms with Gasteiger partial charge in [-0.05, 0) is 71.2 Å². The Labute approximate surface area is 165 Å². The lowest BCUT2D eigenvalue weighted by Crippen LogP contribution is -2.48. The summed E-state index contributed by atoms with van der Waals surface area (Å²) in [5.74, 6) is 2.20. The number of piperidine rings is 1. The quantitative estimate of drug-likeness (QED) is 0.704. The second-order valence-corrected chi connectivity index (χ2v) is 7.95. The number of aryl methyl sites for hydroxylation is 1. The molecule has 0 N–H and O–H groups in total. The van der Waals surface area contributed by atoms with E-state index in [2.05, 4.69) is 24.0 Å². The maximum atomic E-state index is 12.8. The number of amides is 1. The molecule has 1 amide bonds. The highest BCUT2D eigenvalue weighted by Crippen LogP contribution is 2.27. The molecule has 1 aliphatic rings. The largest absolute Gasteiger partial charge is 0.494 e. The van der Waals surface area contributed by atoms with Crippen molar-refractivity contribution in [2.24, 2.45) is 0 Å². The highest BCUT2D eigenvalue weighted by Gasteiger charge is 2.29. The van der Waals surface area contributed by atoms with Crippen molar-refractivity contribution in [2.75, 3.05) is 12.4 Å². The maximum absolute atomic E-state index is 12.8. The highest BCUT2D eigenvalue weighted by atomic mass is 32.2. The third kappa shape index (κ3) is 4.46. The van der Waals surface area contributed by atoms with Gasteiger partial charge in [0.25, 0.3) is 0 Å². The van der Waals surface area contributed by atoms with Gasteiger partial charge in [-0.1, -0.05) is 11.8 Å². The van der Waals surface area contributed by atoms with E-state index in [0.29, 0.717) is 24.4 Å². The smallest absolute Gasteiger partial charge is 0.233 e. The van der Waals surface area contributed by atoms with Crippen molar-refractivity contribution in [3.05, 3.63) is 30.1 Å². The van der Waals surface area contributed by atoms with Crippen molar-refractivity contribution in [3.8, 4) is 11.4 Å². The van der Waals surface area contributed by atoms with E-state index in [0.717, 1.165) is 35.3 Å². The molecule has 146 valence electrons. The number of benzene rings is 1. The summed E-state index contributed by atoms with van der Waals surface area (Å²) < 4.78 is 7.49. The van der Waals surface area contributed by atoms with Crippen LogP contribution in [0.3, 0.4) is 0 Å². The number of carbonyl (C=O) groups excluding carboxylic acids is 1. The molecule has 1 aromatic heterocycles. The molecule has 6 nitrogen and oxygen atoms in total. The van der Waals surface area contributed by atoms with Crippen molar-refractivity contribution < 1.29 is 9.53 Å². The predicted molar refractivity (Wildman–Crippen MR) is 108 cm³/mol. The molecular formula is C20H28N4O2S. The van der Waals surface area contributed by atoms with Gasteiger partial charge in [-0.3, -0.25) is 9.36 Å². The minimum atomic E-state index is 0.179. The molecule has 1 fully saturated rings. The summed E-state index contributed by atoms with van der Waals surface area (Å²) in [5, 5.41) is 9.23. The van der Waals surface area contributed by atoms with Crippen molar-refractivity contribution in [3.63, 3.8) is 0 Å². The SMILES string of the molecule is CCOc1ccc(-n2c(C)nnc2SCC(=O)N2[C@H](C)CCC[C@H]2C)cc1. The van der Waals surface area contributed by atoms with Crippen LogP contribution >= 0.6 is 11.8 Å². The average molecular weight is 389 g/mol. The Balaban J connectivity index is 1.72. The van der Waals surface area contributed by atoms with Crippen molar-refractivity contribution >= 4 is 17.7 Å². The zero-order valence-corrected chi connectivity index (χ0v) is 17.3. The van der Waals surface area contributed by atoms with Gasteiger partial charge in [0.05, 0.1) is 12.4 Å². The first-order valence-electron chi connectivity index (χ1n) is 9.60. The van der Waals surface area contributed by atoms with E-state index in [1.807, 2.05) is 47.6 Å². The second kappa shape index (κ2) is 8.78. The number of nitrogens with zero attached hydrogens (tertiary/aromatic N) is 4. The molecule has 0 saturated carbocycles. The molecule has 0 spiro atoms. The van der Waals surface area contributed by atoms with Crippen LogP contribution in [0.2, 0.25) is 0 Å². The normalized spacial score (nSPS) is 19.9. The van der Waals surface area contributed by atoms with Gasteiger partial charge in [-0.25, -0.2) is 0 Å². The van der Waals surface area contributed by atoms with Crippen LogP contribution in [0.4, 0.5) is 0 Å². The van der Waals surface area contributed by atoms with E-state index in [1.165, 1.54) is 18.2 Å². The van der Waals surface area contributed by atoms with Gasteiger partial charge < -0.3 is 9.64 Å². The third-order valence-electron chi connectivity index (χ3n) is 5.01. The van der Waals surface area contributed by atoms with Crippen LogP contribution in [-0.4, -0.2) is 50.0 Å². The fourth-order valence-corrected chi connectivity index (χ4v) is 4.57. The minimum absolute atomic E-state index is 0.179. The Bertz CT molecular complexity index is 765. The molecule has 0 aliphatic carbocycles. The first-order chi connectivity index (χ1) is 13.0. The van der Waals surface area contributed by atoms with E-state index in [1.54, 1.807) is 0 Å². The lowest BCUT2D eigenvalue weighted by molar-refractivity contribution is -0.134. The van der Waals surface area contributed by atoms with E-state index in [9.17, 15) is 4.79 Å². The summed E-state index contributed by atoms with van der Waals surface area (Å²) in [6, 6.07) is 8.48. The van der Waals surface area contributed by atoms with Crippen molar-refractivity contribution in [2.45, 2.75) is 64.2 Å². The molecule has 1 aromatic carbocycles. The highest BCUT2D eigenvalue weighted by molar-refractivity contribution is 7.99. The first kappa shape index (κ1) is 19.7. The Morgan fingerprint density at radius 1 is 1.19 bits per heavy atom. The van der Waals surface area contributed by atoms with Gasteiger partial charge in [0, 0.05) is 17.8 Å². The summed E-state index contributed by atoms with van der Waals surface area (Å²) >= 11 is 1.45. The van der Waals surface area contributed by atoms with Crippen LogP contribution < -0.4 is 4.74 Å². The summed E-state index contributed by atoms with van der Waals surface area (Å²) in [6.07, 6.45) is 3.37. The van der Waals surface area contributed by atoms with Crippen LogP contribution in [0.5, 0.6) is 5.75 Å². The van der Waals surface area contributed by atoms with Gasteiger partial charge in [0.2, 0.25) is 5.91 Å². The number of likely N-dealkylation sites (tertiary alicyclic amines) is 1. The number of hydrogen-bond donors (Lipinski definition) is 0. The minimum Gasteiger partial charge on any atom is -0.494 e. The van der Waals surface area contributed by atoms with Crippen LogP contribution in [0, 0.1) is 6.92 Å². The molecule has 2 aromatic rings. The monoisotopic (exact) mass is 388 g/mol. The Hall–Kier alpha value is -2.02. The standard InChI is InChI=1S/C20H28N4O2S/c1-5-26-18-11-9-17(10-12-18)24-16(4)21-22-20(24)27-13-19(25)23-14(2)7-6-8-15(23)3/h9-12,14-15H,5-8,13H2,1-4H3/t14-,15-/m1/s1. The molecule has 7 heteroatoms. The molecule has 2 heterocycles. The lowest BCUT2D eigenvalue weighted by Gasteiger charge is -2.39. The van der Waals surface area contributed by atoms with Gasteiger partial charge in [0.1, 0.15) is 11.6 Å². The van der Waals surface area contributed by atoms with E-state index >= 15 is 0 Å². The fraction of sp³-hybridized carbons (Fsp3) is 0.550. The summed E-state index contributed by atoms with van der Waals surface area (Å²) in [6.45, 7) is 8.81. The molecule has 0 radical (unpaired) electrons. The number of thioether (sulfide) groups is 1. The summed E-state index contributed by atoms with van der Waals surface area (Å²) in [7, 11) is 0. The summed E-state index contributed by atoms with van der Waals surface area (Å²) in [5.41, 5.74) is 0.968. The van der Waals surface area contributed by atoms with Crippen LogP contribution in [0.25, 0.3) is 5.69 Å². The average Bonchev–Trinajstić information content (AvgIpc) is 3.01. The van der Waals surface area contributed by atoms with Gasteiger partial charge >= 0.3 is 0 Å². The molecule has 1 aliphatic heterocycles. The van der Waals surface area contributed by atoms with Crippen LogP contribution in [0.1, 0.15) is 45.9 Å². The zero-order valence-electron chi connectivity index (χ0n) is 16.5. The van der Waals surface area contributed by atoms with Gasteiger partial charge in [0.15, 0.2) is 5.16 Å². The van der Waals surface area contributed by atoms with Crippen molar-refractivity contribution in [1.82, 2.24) is 19.7 Å². The van der Waals surface area contributed by atoms with E-state index in [4.69, 9.17) is 4.74 Å². The summed E-state index contributed by atoms with van der Waals surface area (Å²) in [4.78, 5) is 14.8. The number of rotatable bonds is 6. The Morgan fingerprint density at radius 2 is 1.85 bits per heavy atom. The van der Waals surface area contributed by atoms with Gasteiger partial charge in [-0.2, -0.15) is 0 Å². The second-order valence-electron chi connectivity index (χ2n) is 7.01. The third-order valence-corrected chi connectivity index (χ3v) is 5.92. The zero-order chi connectivity index (χ0) is 19.4. The Morgan fingerprint density at radius 3 is 2.48 bits per heavy atom. The van der Waals surface area contributed by atoms with Crippen LogP contribution in [0.15, 0.2) is 29.4 Å². The number of carbonyl (C=O) groups is 1.